The summed E-state index contributed by atoms with van der Waals surface area (Å²) in [7, 11) is 1.60. The van der Waals surface area contributed by atoms with Crippen LogP contribution in [0.25, 0.3) is 0 Å². The summed E-state index contributed by atoms with van der Waals surface area (Å²) >= 11 is 0. The lowest BCUT2D eigenvalue weighted by Gasteiger charge is -2.23. The van der Waals surface area contributed by atoms with Gasteiger partial charge in [0.05, 0.1) is 12.5 Å². The Labute approximate surface area is 124 Å². The number of rotatable bonds is 6. The largest absolute Gasteiger partial charge is 0.481 e. The van der Waals surface area contributed by atoms with Crippen molar-refractivity contribution in [3.8, 4) is 0 Å². The highest BCUT2D eigenvalue weighted by molar-refractivity contribution is 5.78. The van der Waals surface area contributed by atoms with Gasteiger partial charge in [0.15, 0.2) is 0 Å². The smallest absolute Gasteiger partial charge is 0.305 e. The first-order chi connectivity index (χ1) is 10.1. The maximum atomic E-state index is 12.3. The molecule has 2 rings (SSSR count). The number of aliphatic carboxylic acids is 1. The SMILES string of the molecule is COC1CC(CC(=O)O)N(C(=O)CCc2ccccc2)C1. The summed E-state index contributed by atoms with van der Waals surface area (Å²) in [5, 5.41) is 8.96. The molecule has 0 bridgehead atoms. The first-order valence-corrected chi connectivity index (χ1v) is 7.18. The van der Waals surface area contributed by atoms with E-state index < -0.39 is 5.97 Å². The molecule has 0 aromatic heterocycles. The molecule has 21 heavy (non-hydrogen) atoms. The lowest BCUT2D eigenvalue weighted by molar-refractivity contribution is -0.139. The number of carbonyl (C=O) groups is 2. The Balaban J connectivity index is 1.94. The van der Waals surface area contributed by atoms with Gasteiger partial charge in [-0.15, -0.1) is 0 Å². The number of hydrogen-bond acceptors (Lipinski definition) is 3. The first-order valence-electron chi connectivity index (χ1n) is 7.18. The Kier molecular flexibility index (Phi) is 5.33. The zero-order valence-corrected chi connectivity index (χ0v) is 12.2. The second kappa shape index (κ2) is 7.22. The number of carboxylic acids is 1. The van der Waals surface area contributed by atoms with Crippen molar-refractivity contribution in [2.75, 3.05) is 13.7 Å². The lowest BCUT2D eigenvalue weighted by atomic mass is 10.1. The van der Waals surface area contributed by atoms with Gasteiger partial charge in [0.2, 0.25) is 5.91 Å². The highest BCUT2D eigenvalue weighted by atomic mass is 16.5. The van der Waals surface area contributed by atoms with Crippen molar-refractivity contribution in [1.29, 1.82) is 0 Å². The summed E-state index contributed by atoms with van der Waals surface area (Å²) < 4.78 is 5.28. The highest BCUT2D eigenvalue weighted by Gasteiger charge is 2.36. The van der Waals surface area contributed by atoms with Gasteiger partial charge in [-0.3, -0.25) is 9.59 Å². The van der Waals surface area contributed by atoms with E-state index in [2.05, 4.69) is 0 Å². The van der Waals surface area contributed by atoms with Crippen LogP contribution in [0.5, 0.6) is 0 Å². The van der Waals surface area contributed by atoms with E-state index in [1.54, 1.807) is 12.0 Å². The van der Waals surface area contributed by atoms with Crippen molar-refractivity contribution < 1.29 is 19.4 Å². The van der Waals surface area contributed by atoms with Crippen LogP contribution in [0, 0.1) is 0 Å². The molecule has 5 nitrogen and oxygen atoms in total. The number of carboxylic acid groups (broad SMARTS) is 1. The number of carbonyl (C=O) groups excluding carboxylic acids is 1. The van der Waals surface area contributed by atoms with Gasteiger partial charge < -0.3 is 14.7 Å². The molecule has 1 amide bonds. The topological polar surface area (TPSA) is 66.8 Å². The predicted molar refractivity (Wildman–Crippen MR) is 77.9 cm³/mol. The van der Waals surface area contributed by atoms with Crippen LogP contribution in [0.2, 0.25) is 0 Å². The number of nitrogens with zero attached hydrogens (tertiary/aromatic N) is 1. The minimum atomic E-state index is -0.877. The number of ether oxygens (including phenoxy) is 1. The van der Waals surface area contributed by atoms with E-state index >= 15 is 0 Å². The monoisotopic (exact) mass is 291 g/mol. The molecule has 2 atom stereocenters. The number of hydrogen-bond donors (Lipinski definition) is 1. The summed E-state index contributed by atoms with van der Waals surface area (Å²) in [4.78, 5) is 24.9. The number of benzene rings is 1. The molecule has 1 aromatic rings. The van der Waals surface area contributed by atoms with Crippen LogP contribution in [-0.4, -0.2) is 47.7 Å². The third kappa shape index (κ3) is 4.29. The zero-order valence-electron chi connectivity index (χ0n) is 12.2. The Bertz CT molecular complexity index is 488. The Morgan fingerprint density at radius 1 is 1.33 bits per heavy atom. The molecule has 0 spiro atoms. The van der Waals surface area contributed by atoms with Crippen LogP contribution < -0.4 is 0 Å². The second-order valence-corrected chi connectivity index (χ2v) is 5.38. The molecule has 5 heteroatoms. The Hall–Kier alpha value is -1.88. The van der Waals surface area contributed by atoms with E-state index in [1.807, 2.05) is 30.3 Å². The van der Waals surface area contributed by atoms with Gasteiger partial charge in [0.1, 0.15) is 0 Å². The zero-order chi connectivity index (χ0) is 15.2. The molecule has 1 fully saturated rings. The van der Waals surface area contributed by atoms with Gasteiger partial charge in [-0.25, -0.2) is 0 Å². The molecule has 2 unspecified atom stereocenters. The Morgan fingerprint density at radius 3 is 2.67 bits per heavy atom. The summed E-state index contributed by atoms with van der Waals surface area (Å²) in [6, 6.07) is 9.56. The molecular formula is C16H21NO4. The van der Waals surface area contributed by atoms with Crippen molar-refractivity contribution in [1.82, 2.24) is 4.90 Å². The number of methoxy groups -OCH3 is 1. The molecule has 1 N–H and O–H groups in total. The molecule has 1 aromatic carbocycles. The molecule has 1 aliphatic rings. The molecular weight excluding hydrogens is 270 g/mol. The van der Waals surface area contributed by atoms with Gasteiger partial charge in [0.25, 0.3) is 0 Å². The molecule has 0 radical (unpaired) electrons. The fraction of sp³-hybridized carbons (Fsp3) is 0.500. The number of amides is 1. The minimum Gasteiger partial charge on any atom is -0.481 e. The van der Waals surface area contributed by atoms with Crippen molar-refractivity contribution in [3.05, 3.63) is 35.9 Å². The molecule has 1 aliphatic heterocycles. The molecule has 1 saturated heterocycles. The van der Waals surface area contributed by atoms with E-state index in [1.165, 1.54) is 0 Å². The molecule has 114 valence electrons. The molecule has 1 heterocycles. The van der Waals surface area contributed by atoms with E-state index in [9.17, 15) is 9.59 Å². The number of likely N-dealkylation sites (tertiary alicyclic amines) is 1. The average molecular weight is 291 g/mol. The summed E-state index contributed by atoms with van der Waals surface area (Å²) in [6.45, 7) is 0.488. The van der Waals surface area contributed by atoms with E-state index in [-0.39, 0.29) is 24.5 Å². The maximum absolute atomic E-state index is 12.3. The van der Waals surface area contributed by atoms with Crippen molar-refractivity contribution in [3.63, 3.8) is 0 Å². The molecule has 0 saturated carbocycles. The first kappa shape index (κ1) is 15.5. The van der Waals surface area contributed by atoms with Crippen LogP contribution in [0.15, 0.2) is 30.3 Å². The second-order valence-electron chi connectivity index (χ2n) is 5.38. The van der Waals surface area contributed by atoms with Crippen LogP contribution in [-0.2, 0) is 20.7 Å². The summed E-state index contributed by atoms with van der Waals surface area (Å²) in [5.41, 5.74) is 1.11. The lowest BCUT2D eigenvalue weighted by Crippen LogP contribution is -2.37. The summed E-state index contributed by atoms with van der Waals surface area (Å²) in [5.74, 6) is -0.873. The third-order valence-electron chi connectivity index (χ3n) is 3.91. The summed E-state index contributed by atoms with van der Waals surface area (Å²) in [6.07, 6.45) is 1.59. The fourth-order valence-corrected chi connectivity index (χ4v) is 2.78. The quantitative estimate of drug-likeness (QED) is 0.866. The third-order valence-corrected chi connectivity index (χ3v) is 3.91. The van der Waals surface area contributed by atoms with E-state index in [4.69, 9.17) is 9.84 Å². The average Bonchev–Trinajstić information content (AvgIpc) is 2.88. The maximum Gasteiger partial charge on any atom is 0.305 e. The standard InChI is InChI=1S/C16H21NO4/c1-21-14-9-13(10-16(19)20)17(11-14)15(18)8-7-12-5-3-2-4-6-12/h2-6,13-14H,7-11H2,1H3,(H,19,20). The van der Waals surface area contributed by atoms with Crippen molar-refractivity contribution >= 4 is 11.9 Å². The van der Waals surface area contributed by atoms with Crippen molar-refractivity contribution in [2.45, 2.75) is 37.8 Å². The van der Waals surface area contributed by atoms with Gasteiger partial charge in [-0.05, 0) is 18.4 Å². The minimum absolute atomic E-state index is 0.00431. The van der Waals surface area contributed by atoms with Gasteiger partial charge in [-0.2, -0.15) is 0 Å². The fourth-order valence-electron chi connectivity index (χ4n) is 2.78. The van der Waals surface area contributed by atoms with Crippen LogP contribution in [0.1, 0.15) is 24.8 Å². The van der Waals surface area contributed by atoms with Crippen LogP contribution in [0.4, 0.5) is 0 Å². The molecule has 0 aliphatic carbocycles. The predicted octanol–water partition coefficient (Wildman–Crippen LogP) is 1.71. The van der Waals surface area contributed by atoms with E-state index in [0.717, 1.165) is 5.56 Å². The van der Waals surface area contributed by atoms with Crippen molar-refractivity contribution in [2.24, 2.45) is 0 Å². The highest BCUT2D eigenvalue weighted by Crippen LogP contribution is 2.23. The van der Waals surface area contributed by atoms with Gasteiger partial charge >= 0.3 is 5.97 Å². The van der Waals surface area contributed by atoms with Gasteiger partial charge in [0, 0.05) is 26.1 Å². The van der Waals surface area contributed by atoms with E-state index in [0.29, 0.717) is 25.8 Å². The van der Waals surface area contributed by atoms with Gasteiger partial charge in [-0.1, -0.05) is 30.3 Å². The van der Waals surface area contributed by atoms with Crippen LogP contribution in [0.3, 0.4) is 0 Å². The van der Waals surface area contributed by atoms with Crippen LogP contribution >= 0.6 is 0 Å². The Morgan fingerprint density at radius 2 is 2.05 bits per heavy atom. The number of aryl methyl sites for hydroxylation is 1. The normalized spacial score (nSPS) is 21.5.